The Labute approximate surface area is 175 Å². The number of carbonyl (C=O) groups is 2. The van der Waals surface area contributed by atoms with E-state index in [9.17, 15) is 9.59 Å². The van der Waals surface area contributed by atoms with E-state index in [4.69, 9.17) is 14.2 Å². The molecule has 1 unspecified atom stereocenters. The molecule has 1 aromatic carbocycles. The Morgan fingerprint density at radius 1 is 1.10 bits per heavy atom. The number of nitrogens with zero attached hydrogens (tertiary/aromatic N) is 3. The molecule has 0 N–H and O–H groups in total. The van der Waals surface area contributed by atoms with Gasteiger partial charge in [0.15, 0.2) is 11.5 Å². The number of rotatable bonds is 4. The Balaban J connectivity index is 1.36. The van der Waals surface area contributed by atoms with Crippen LogP contribution in [0.15, 0.2) is 42.6 Å². The summed E-state index contributed by atoms with van der Waals surface area (Å²) in [7, 11) is 0. The number of fused-ring (bicyclic) bond motifs is 1. The minimum absolute atomic E-state index is 0.0584. The van der Waals surface area contributed by atoms with Gasteiger partial charge in [0.1, 0.15) is 12.4 Å². The molecule has 3 heterocycles. The molecule has 2 aromatic rings. The lowest BCUT2D eigenvalue weighted by Gasteiger charge is -2.30. The smallest absolute Gasteiger partial charge is 0.339 e. The average molecular weight is 411 g/mol. The van der Waals surface area contributed by atoms with Crippen LogP contribution in [0.2, 0.25) is 0 Å². The number of benzene rings is 1. The first kappa shape index (κ1) is 20.0. The lowest BCUT2D eigenvalue weighted by molar-refractivity contribution is -0.141. The maximum Gasteiger partial charge on any atom is 0.339 e. The Bertz CT molecular complexity index is 902. The van der Waals surface area contributed by atoms with Crippen LogP contribution < -0.4 is 14.4 Å². The molecule has 1 fully saturated rings. The van der Waals surface area contributed by atoms with Crippen molar-refractivity contribution in [2.24, 2.45) is 0 Å². The first-order valence-corrected chi connectivity index (χ1v) is 10.2. The van der Waals surface area contributed by atoms with Crippen molar-refractivity contribution in [2.75, 3.05) is 44.3 Å². The van der Waals surface area contributed by atoms with Crippen molar-refractivity contribution in [1.82, 2.24) is 9.88 Å². The van der Waals surface area contributed by atoms with E-state index in [0.717, 1.165) is 18.8 Å². The van der Waals surface area contributed by atoms with E-state index in [1.807, 2.05) is 35.2 Å². The highest BCUT2D eigenvalue weighted by Gasteiger charge is 2.32. The molecular weight excluding hydrogens is 386 g/mol. The molecule has 0 aliphatic carbocycles. The highest BCUT2D eigenvalue weighted by molar-refractivity contribution is 5.89. The molecule has 0 saturated carbocycles. The summed E-state index contributed by atoms with van der Waals surface area (Å²) in [5.74, 6) is 1.62. The number of aromatic nitrogens is 1. The van der Waals surface area contributed by atoms with E-state index in [1.54, 1.807) is 13.0 Å². The fourth-order valence-corrected chi connectivity index (χ4v) is 3.62. The van der Waals surface area contributed by atoms with Crippen LogP contribution in [0, 0.1) is 0 Å². The third-order valence-electron chi connectivity index (χ3n) is 5.17. The van der Waals surface area contributed by atoms with Crippen LogP contribution in [0.25, 0.3) is 0 Å². The molecule has 158 valence electrons. The topological polar surface area (TPSA) is 81.2 Å². The highest BCUT2D eigenvalue weighted by Crippen LogP contribution is 2.31. The lowest BCUT2D eigenvalue weighted by atomic mass is 10.2. The molecule has 2 aliphatic heterocycles. The Kier molecular flexibility index (Phi) is 6.02. The zero-order valence-corrected chi connectivity index (χ0v) is 17.0. The Morgan fingerprint density at radius 2 is 1.93 bits per heavy atom. The SMILES string of the molecule is CCOC(=O)c1ccc(N2CCCN(C(=O)C3COc4ccccc4O3)CC2)nc1. The largest absolute Gasteiger partial charge is 0.485 e. The third-order valence-corrected chi connectivity index (χ3v) is 5.17. The number of para-hydroxylation sites is 2. The second kappa shape index (κ2) is 9.02. The van der Waals surface area contributed by atoms with Crippen molar-refractivity contribution in [3.05, 3.63) is 48.2 Å². The zero-order valence-electron chi connectivity index (χ0n) is 17.0. The number of carbonyl (C=O) groups excluding carboxylic acids is 2. The number of anilines is 1. The predicted octanol–water partition coefficient (Wildman–Crippen LogP) is 2.14. The minimum atomic E-state index is -0.631. The van der Waals surface area contributed by atoms with Gasteiger partial charge in [-0.3, -0.25) is 4.79 Å². The highest BCUT2D eigenvalue weighted by atomic mass is 16.6. The molecular formula is C22H25N3O5. The molecule has 8 nitrogen and oxygen atoms in total. The van der Waals surface area contributed by atoms with E-state index in [0.29, 0.717) is 43.3 Å². The second-order valence-electron chi connectivity index (χ2n) is 7.16. The Hall–Kier alpha value is -3.29. The van der Waals surface area contributed by atoms with Crippen molar-refractivity contribution in [3.8, 4) is 11.5 Å². The van der Waals surface area contributed by atoms with Crippen LogP contribution >= 0.6 is 0 Å². The number of amides is 1. The van der Waals surface area contributed by atoms with Gasteiger partial charge in [0.25, 0.3) is 5.91 Å². The molecule has 4 rings (SSSR count). The fraction of sp³-hybridized carbons (Fsp3) is 0.409. The quantitative estimate of drug-likeness (QED) is 0.713. The third kappa shape index (κ3) is 4.32. The standard InChI is InChI=1S/C22H25N3O5/c1-2-28-22(27)16-8-9-20(23-14-16)24-10-5-11-25(13-12-24)21(26)19-15-29-17-6-3-4-7-18(17)30-19/h3-4,6-9,14,19H,2,5,10-13,15H2,1H3. The fourth-order valence-electron chi connectivity index (χ4n) is 3.62. The zero-order chi connectivity index (χ0) is 20.9. The van der Waals surface area contributed by atoms with Crippen molar-refractivity contribution in [3.63, 3.8) is 0 Å². The summed E-state index contributed by atoms with van der Waals surface area (Å²) in [5, 5.41) is 0. The molecule has 0 bridgehead atoms. The number of pyridine rings is 1. The summed E-state index contributed by atoms with van der Waals surface area (Å²) in [4.78, 5) is 33.1. The summed E-state index contributed by atoms with van der Waals surface area (Å²) in [6.07, 6.45) is 1.72. The Morgan fingerprint density at radius 3 is 2.70 bits per heavy atom. The molecule has 1 aromatic heterocycles. The number of hydrogen-bond acceptors (Lipinski definition) is 7. The number of esters is 1. The molecule has 1 atom stereocenters. The van der Waals surface area contributed by atoms with Gasteiger partial charge in [0, 0.05) is 32.4 Å². The normalized spacial score (nSPS) is 18.5. The van der Waals surface area contributed by atoms with E-state index in [1.165, 1.54) is 6.20 Å². The summed E-state index contributed by atoms with van der Waals surface area (Å²) in [6, 6.07) is 10.9. The first-order chi connectivity index (χ1) is 14.7. The molecule has 0 spiro atoms. The molecule has 1 amide bonds. The average Bonchev–Trinajstić information content (AvgIpc) is 3.05. The van der Waals surface area contributed by atoms with Crippen LogP contribution in [-0.2, 0) is 9.53 Å². The van der Waals surface area contributed by atoms with Gasteiger partial charge in [-0.05, 0) is 37.6 Å². The van der Waals surface area contributed by atoms with Gasteiger partial charge in [-0.1, -0.05) is 12.1 Å². The van der Waals surface area contributed by atoms with Gasteiger partial charge in [0.2, 0.25) is 6.10 Å². The lowest BCUT2D eigenvalue weighted by Crippen LogP contribution is -2.47. The summed E-state index contributed by atoms with van der Waals surface area (Å²) >= 11 is 0. The van der Waals surface area contributed by atoms with Gasteiger partial charge in [-0.2, -0.15) is 0 Å². The molecule has 8 heteroatoms. The van der Waals surface area contributed by atoms with Crippen LogP contribution in [-0.4, -0.2) is 67.3 Å². The van der Waals surface area contributed by atoms with E-state index >= 15 is 0 Å². The maximum absolute atomic E-state index is 13.0. The van der Waals surface area contributed by atoms with E-state index in [-0.39, 0.29) is 18.5 Å². The predicted molar refractivity (Wildman–Crippen MR) is 110 cm³/mol. The second-order valence-corrected chi connectivity index (χ2v) is 7.16. The maximum atomic E-state index is 13.0. The van der Waals surface area contributed by atoms with Crippen molar-refractivity contribution in [1.29, 1.82) is 0 Å². The minimum Gasteiger partial charge on any atom is -0.485 e. The summed E-state index contributed by atoms with van der Waals surface area (Å²) in [6.45, 7) is 4.97. The summed E-state index contributed by atoms with van der Waals surface area (Å²) < 4.78 is 16.6. The first-order valence-electron chi connectivity index (χ1n) is 10.2. The van der Waals surface area contributed by atoms with Crippen molar-refractivity contribution in [2.45, 2.75) is 19.4 Å². The molecule has 0 radical (unpaired) electrons. The number of hydrogen-bond donors (Lipinski definition) is 0. The van der Waals surface area contributed by atoms with Crippen LogP contribution in [0.5, 0.6) is 11.5 Å². The molecule has 1 saturated heterocycles. The van der Waals surface area contributed by atoms with Crippen LogP contribution in [0.1, 0.15) is 23.7 Å². The van der Waals surface area contributed by atoms with Crippen molar-refractivity contribution >= 4 is 17.7 Å². The van der Waals surface area contributed by atoms with E-state index in [2.05, 4.69) is 9.88 Å². The summed E-state index contributed by atoms with van der Waals surface area (Å²) in [5.41, 5.74) is 0.432. The van der Waals surface area contributed by atoms with Gasteiger partial charge < -0.3 is 24.0 Å². The van der Waals surface area contributed by atoms with Gasteiger partial charge in [-0.15, -0.1) is 0 Å². The molecule has 30 heavy (non-hydrogen) atoms. The van der Waals surface area contributed by atoms with Gasteiger partial charge >= 0.3 is 5.97 Å². The van der Waals surface area contributed by atoms with Crippen LogP contribution in [0.4, 0.5) is 5.82 Å². The van der Waals surface area contributed by atoms with Gasteiger partial charge in [-0.25, -0.2) is 9.78 Å². The number of ether oxygens (including phenoxy) is 3. The monoisotopic (exact) mass is 411 g/mol. The van der Waals surface area contributed by atoms with Gasteiger partial charge in [0.05, 0.1) is 12.2 Å². The van der Waals surface area contributed by atoms with Crippen molar-refractivity contribution < 1.29 is 23.8 Å². The van der Waals surface area contributed by atoms with Crippen LogP contribution in [0.3, 0.4) is 0 Å². The van der Waals surface area contributed by atoms with E-state index < -0.39 is 6.10 Å². The molecule has 2 aliphatic rings.